The fraction of sp³-hybridized carbons (Fsp3) is 0.500. The number of aliphatic carboxylic acids is 1. The van der Waals surface area contributed by atoms with E-state index in [0.717, 1.165) is 0 Å². The van der Waals surface area contributed by atoms with Gasteiger partial charge in [0.05, 0.1) is 12.2 Å². The number of carbonyl (C=O) groups excluding carboxylic acids is 1. The lowest BCUT2D eigenvalue weighted by Crippen LogP contribution is -2.43. The average molecular weight is 240 g/mol. The molecule has 1 rings (SSSR count). The van der Waals surface area contributed by atoms with Gasteiger partial charge in [-0.25, -0.2) is 4.79 Å². The molecular weight excluding hydrogens is 224 g/mol. The van der Waals surface area contributed by atoms with Gasteiger partial charge in [-0.2, -0.15) is 5.10 Å². The number of carboxylic acids is 1. The molecule has 0 radical (unpaired) electrons. The van der Waals surface area contributed by atoms with Gasteiger partial charge in [-0.1, -0.05) is 6.92 Å². The maximum Gasteiger partial charge on any atom is 0.331 e. The van der Waals surface area contributed by atoms with Crippen LogP contribution in [0.5, 0.6) is 0 Å². The van der Waals surface area contributed by atoms with E-state index in [0.29, 0.717) is 12.0 Å². The van der Waals surface area contributed by atoms with E-state index in [4.69, 9.17) is 10.8 Å². The van der Waals surface area contributed by atoms with Gasteiger partial charge in [0, 0.05) is 18.8 Å². The Balaban J connectivity index is 2.81. The van der Waals surface area contributed by atoms with Gasteiger partial charge in [0.1, 0.15) is 0 Å². The van der Waals surface area contributed by atoms with Crippen LogP contribution < -0.4 is 11.1 Å². The second-order valence-electron chi connectivity index (χ2n) is 3.74. The van der Waals surface area contributed by atoms with Gasteiger partial charge in [-0.05, 0) is 6.42 Å². The van der Waals surface area contributed by atoms with Crippen molar-refractivity contribution >= 4 is 11.9 Å². The molecule has 0 saturated heterocycles. The molecule has 0 spiro atoms. The fourth-order valence-electron chi connectivity index (χ4n) is 1.31. The van der Waals surface area contributed by atoms with Crippen molar-refractivity contribution in [3.8, 4) is 0 Å². The summed E-state index contributed by atoms with van der Waals surface area (Å²) in [5.74, 6) is -1.63. The highest BCUT2D eigenvalue weighted by molar-refractivity contribution is 5.87. The van der Waals surface area contributed by atoms with Crippen molar-refractivity contribution in [3.63, 3.8) is 0 Å². The van der Waals surface area contributed by atoms with Crippen molar-refractivity contribution in [1.82, 2.24) is 15.1 Å². The van der Waals surface area contributed by atoms with Gasteiger partial charge in [-0.3, -0.25) is 9.48 Å². The molecule has 0 aromatic carbocycles. The smallest absolute Gasteiger partial charge is 0.331 e. The second-order valence-corrected chi connectivity index (χ2v) is 3.74. The highest BCUT2D eigenvalue weighted by atomic mass is 16.4. The number of carboxylic acid groups (broad SMARTS) is 1. The molecule has 0 aliphatic heterocycles. The van der Waals surface area contributed by atoms with Crippen LogP contribution in [0.2, 0.25) is 0 Å². The summed E-state index contributed by atoms with van der Waals surface area (Å²) in [5, 5.41) is 15.3. The van der Waals surface area contributed by atoms with Gasteiger partial charge in [0.15, 0.2) is 6.04 Å². The standard InChI is InChI=1S/C10H16N4O3/c1-3-7(11)9(15)13-8(10(16)17)6-4-12-14(2)5-6/h4-5,7-8H,3,11H2,1-2H3,(H,13,15)(H,16,17)/t7-,8?/m1/s1. The lowest BCUT2D eigenvalue weighted by atomic mass is 10.1. The number of amides is 1. The second kappa shape index (κ2) is 5.44. The molecule has 17 heavy (non-hydrogen) atoms. The van der Waals surface area contributed by atoms with Crippen molar-refractivity contribution in [3.05, 3.63) is 18.0 Å². The Morgan fingerprint density at radius 1 is 1.65 bits per heavy atom. The SMILES string of the molecule is CC[C@@H](N)C(=O)NC(C(=O)O)c1cnn(C)c1. The summed E-state index contributed by atoms with van der Waals surface area (Å²) >= 11 is 0. The lowest BCUT2D eigenvalue weighted by Gasteiger charge is -2.15. The van der Waals surface area contributed by atoms with Gasteiger partial charge < -0.3 is 16.2 Å². The highest BCUT2D eigenvalue weighted by Crippen LogP contribution is 2.12. The molecule has 94 valence electrons. The summed E-state index contributed by atoms with van der Waals surface area (Å²) < 4.78 is 1.47. The third-order valence-electron chi connectivity index (χ3n) is 2.37. The summed E-state index contributed by atoms with van der Waals surface area (Å²) in [6, 6.07) is -1.82. The van der Waals surface area contributed by atoms with Crippen molar-refractivity contribution in [1.29, 1.82) is 0 Å². The van der Waals surface area contributed by atoms with E-state index in [1.54, 1.807) is 14.0 Å². The molecule has 4 N–H and O–H groups in total. The molecule has 0 saturated carbocycles. The maximum absolute atomic E-state index is 11.5. The molecule has 1 amide bonds. The molecule has 0 aliphatic carbocycles. The van der Waals surface area contributed by atoms with Crippen LogP contribution in [0.4, 0.5) is 0 Å². The van der Waals surface area contributed by atoms with Crippen LogP contribution in [-0.4, -0.2) is 32.8 Å². The normalized spacial score (nSPS) is 14.1. The Labute approximate surface area is 98.6 Å². The Kier molecular flexibility index (Phi) is 4.22. The Morgan fingerprint density at radius 2 is 2.29 bits per heavy atom. The fourth-order valence-corrected chi connectivity index (χ4v) is 1.31. The topological polar surface area (TPSA) is 110 Å². The summed E-state index contributed by atoms with van der Waals surface area (Å²) in [5.41, 5.74) is 5.94. The summed E-state index contributed by atoms with van der Waals surface area (Å²) in [6.45, 7) is 1.75. The van der Waals surface area contributed by atoms with E-state index < -0.39 is 24.0 Å². The molecule has 7 nitrogen and oxygen atoms in total. The minimum atomic E-state index is -1.14. The van der Waals surface area contributed by atoms with Gasteiger partial charge in [-0.15, -0.1) is 0 Å². The van der Waals surface area contributed by atoms with Crippen molar-refractivity contribution < 1.29 is 14.7 Å². The minimum absolute atomic E-state index is 0.414. The molecule has 1 unspecified atom stereocenters. The van der Waals surface area contributed by atoms with Crippen LogP contribution in [-0.2, 0) is 16.6 Å². The van der Waals surface area contributed by atoms with E-state index in [2.05, 4.69) is 10.4 Å². The zero-order valence-corrected chi connectivity index (χ0v) is 9.75. The van der Waals surface area contributed by atoms with Crippen molar-refractivity contribution in [2.45, 2.75) is 25.4 Å². The first kappa shape index (κ1) is 13.2. The van der Waals surface area contributed by atoms with Crippen LogP contribution in [0, 0.1) is 0 Å². The number of aryl methyl sites for hydroxylation is 1. The van der Waals surface area contributed by atoms with Gasteiger partial charge >= 0.3 is 5.97 Å². The van der Waals surface area contributed by atoms with Crippen LogP contribution in [0.1, 0.15) is 24.9 Å². The molecule has 7 heteroatoms. The minimum Gasteiger partial charge on any atom is -0.479 e. The Hall–Kier alpha value is -1.89. The lowest BCUT2D eigenvalue weighted by molar-refractivity contribution is -0.142. The van der Waals surface area contributed by atoms with Gasteiger partial charge in [0.2, 0.25) is 5.91 Å². The van der Waals surface area contributed by atoms with E-state index in [-0.39, 0.29) is 0 Å². The first-order valence-electron chi connectivity index (χ1n) is 5.23. The molecule has 0 fully saturated rings. The molecule has 2 atom stereocenters. The van der Waals surface area contributed by atoms with E-state index in [1.165, 1.54) is 17.1 Å². The molecule has 1 aromatic heterocycles. The van der Waals surface area contributed by atoms with Crippen molar-refractivity contribution in [2.24, 2.45) is 12.8 Å². The predicted molar refractivity (Wildman–Crippen MR) is 60.0 cm³/mol. The number of hydrogen-bond acceptors (Lipinski definition) is 4. The molecule has 1 heterocycles. The number of nitrogens with one attached hydrogen (secondary N) is 1. The largest absolute Gasteiger partial charge is 0.479 e. The third kappa shape index (κ3) is 3.28. The van der Waals surface area contributed by atoms with Crippen LogP contribution in [0.15, 0.2) is 12.4 Å². The quantitative estimate of drug-likeness (QED) is 0.636. The highest BCUT2D eigenvalue weighted by Gasteiger charge is 2.25. The maximum atomic E-state index is 11.5. The average Bonchev–Trinajstić information content (AvgIpc) is 2.70. The Bertz CT molecular complexity index is 415. The summed E-state index contributed by atoms with van der Waals surface area (Å²) in [4.78, 5) is 22.6. The number of carbonyl (C=O) groups is 2. The first-order chi connectivity index (χ1) is 7.95. The van der Waals surface area contributed by atoms with E-state index >= 15 is 0 Å². The third-order valence-corrected chi connectivity index (χ3v) is 2.37. The predicted octanol–water partition coefficient (Wildman–Crippen LogP) is -0.601. The van der Waals surface area contributed by atoms with Crippen LogP contribution in [0.3, 0.4) is 0 Å². The number of nitrogens with two attached hydrogens (primary N) is 1. The van der Waals surface area contributed by atoms with Gasteiger partial charge in [0.25, 0.3) is 0 Å². The molecule has 0 aliphatic rings. The number of nitrogens with zero attached hydrogens (tertiary/aromatic N) is 2. The zero-order valence-electron chi connectivity index (χ0n) is 9.75. The number of rotatable bonds is 5. The van der Waals surface area contributed by atoms with Crippen LogP contribution in [0.25, 0.3) is 0 Å². The molecular formula is C10H16N4O3. The Morgan fingerprint density at radius 3 is 2.71 bits per heavy atom. The van der Waals surface area contributed by atoms with E-state index in [9.17, 15) is 9.59 Å². The van der Waals surface area contributed by atoms with E-state index in [1.807, 2.05) is 0 Å². The summed E-state index contributed by atoms with van der Waals surface area (Å²) in [6.07, 6.45) is 3.39. The summed E-state index contributed by atoms with van der Waals surface area (Å²) in [7, 11) is 1.67. The van der Waals surface area contributed by atoms with Crippen LogP contribution >= 0.6 is 0 Å². The number of hydrogen-bond donors (Lipinski definition) is 3. The van der Waals surface area contributed by atoms with Crippen molar-refractivity contribution in [2.75, 3.05) is 0 Å². The monoisotopic (exact) mass is 240 g/mol. The first-order valence-corrected chi connectivity index (χ1v) is 5.23. The number of aromatic nitrogens is 2. The zero-order chi connectivity index (χ0) is 13.0. The molecule has 1 aromatic rings. The molecule has 0 bridgehead atoms.